The molecule has 7 heteroatoms. The number of carbonyl (C=O) groups excluding carboxylic acids is 2. The topological polar surface area (TPSA) is 78.1 Å². The zero-order valence-electron chi connectivity index (χ0n) is 16.3. The van der Waals surface area contributed by atoms with Gasteiger partial charge in [0.15, 0.2) is 5.16 Å². The zero-order valence-corrected chi connectivity index (χ0v) is 17.1. The van der Waals surface area contributed by atoms with Gasteiger partial charge >= 0.3 is 6.03 Å². The number of hydrogen-bond donors (Lipinski definition) is 2. The van der Waals surface area contributed by atoms with Gasteiger partial charge in [0.05, 0.1) is 11.4 Å². The van der Waals surface area contributed by atoms with Crippen molar-refractivity contribution >= 4 is 23.7 Å². The molecule has 0 aliphatic carbocycles. The molecule has 1 aliphatic rings. The molecule has 0 radical (unpaired) electrons. The predicted molar refractivity (Wildman–Crippen MR) is 115 cm³/mol. The number of carbonyl (C=O) groups is 2. The number of H-pyrrole nitrogens is 1. The van der Waals surface area contributed by atoms with Gasteiger partial charge in [0.2, 0.25) is 0 Å². The van der Waals surface area contributed by atoms with Gasteiger partial charge in [0.25, 0.3) is 5.91 Å². The maximum atomic E-state index is 12.3. The average Bonchev–Trinajstić information content (AvgIpc) is 3.23. The Morgan fingerprint density at radius 2 is 1.59 bits per heavy atom. The Labute approximate surface area is 173 Å². The van der Waals surface area contributed by atoms with Crippen molar-refractivity contribution in [1.82, 2.24) is 20.2 Å². The van der Waals surface area contributed by atoms with Crippen LogP contribution in [0.5, 0.6) is 0 Å². The van der Waals surface area contributed by atoms with Crippen LogP contribution in [0, 0.1) is 0 Å². The summed E-state index contributed by atoms with van der Waals surface area (Å²) in [5.41, 5.74) is 3.09. The van der Waals surface area contributed by atoms with Gasteiger partial charge in [-0.05, 0) is 13.8 Å². The molecule has 29 heavy (non-hydrogen) atoms. The van der Waals surface area contributed by atoms with Gasteiger partial charge in [-0.25, -0.2) is 9.78 Å². The van der Waals surface area contributed by atoms with Crippen LogP contribution in [0.1, 0.15) is 13.8 Å². The van der Waals surface area contributed by atoms with Crippen LogP contribution in [0.2, 0.25) is 0 Å². The summed E-state index contributed by atoms with van der Waals surface area (Å²) in [6, 6.07) is 19.8. The van der Waals surface area contributed by atoms with E-state index in [0.29, 0.717) is 12.3 Å². The van der Waals surface area contributed by atoms with E-state index in [1.54, 1.807) is 13.8 Å². The lowest BCUT2D eigenvalue weighted by Gasteiger charge is -2.15. The molecule has 2 heterocycles. The van der Waals surface area contributed by atoms with E-state index in [1.807, 2.05) is 60.7 Å². The minimum absolute atomic E-state index is 0.197. The first-order valence-corrected chi connectivity index (χ1v) is 10.4. The minimum Gasteiger partial charge on any atom is -0.332 e. The summed E-state index contributed by atoms with van der Waals surface area (Å²) in [6.07, 6.45) is 0. The number of nitrogens with one attached hydrogen (secondary N) is 2. The second-order valence-electron chi connectivity index (χ2n) is 7.36. The SMILES string of the molecule is CC1(C)NC(=O)N(CCSc2nc(-c3ccccc3)c(-c3ccccc3)[nH]2)C1=O. The number of imidazole rings is 1. The van der Waals surface area contributed by atoms with E-state index in [4.69, 9.17) is 4.98 Å². The van der Waals surface area contributed by atoms with Gasteiger partial charge in [0.1, 0.15) is 5.54 Å². The lowest BCUT2D eigenvalue weighted by atomic mass is 10.1. The summed E-state index contributed by atoms with van der Waals surface area (Å²) in [7, 11) is 0. The van der Waals surface area contributed by atoms with Crippen molar-refractivity contribution in [2.75, 3.05) is 12.3 Å². The number of rotatable bonds is 6. The van der Waals surface area contributed by atoms with E-state index in [-0.39, 0.29) is 11.9 Å². The number of amides is 3. The third kappa shape index (κ3) is 3.91. The molecule has 2 aromatic carbocycles. The van der Waals surface area contributed by atoms with Crippen LogP contribution >= 0.6 is 11.8 Å². The van der Waals surface area contributed by atoms with Crippen molar-refractivity contribution in [2.45, 2.75) is 24.5 Å². The molecular weight excluding hydrogens is 384 g/mol. The largest absolute Gasteiger partial charge is 0.332 e. The van der Waals surface area contributed by atoms with Gasteiger partial charge in [-0.3, -0.25) is 9.69 Å². The summed E-state index contributed by atoms with van der Waals surface area (Å²) in [4.78, 5) is 33.8. The van der Waals surface area contributed by atoms with Crippen molar-refractivity contribution in [3.05, 3.63) is 60.7 Å². The van der Waals surface area contributed by atoms with Crippen molar-refractivity contribution < 1.29 is 9.59 Å². The van der Waals surface area contributed by atoms with E-state index in [9.17, 15) is 9.59 Å². The molecule has 148 valence electrons. The number of nitrogens with zero attached hydrogens (tertiary/aromatic N) is 2. The second-order valence-corrected chi connectivity index (χ2v) is 8.44. The Morgan fingerprint density at radius 3 is 2.17 bits per heavy atom. The van der Waals surface area contributed by atoms with E-state index in [0.717, 1.165) is 27.7 Å². The Balaban J connectivity index is 1.54. The monoisotopic (exact) mass is 406 g/mol. The molecule has 3 aromatic rings. The molecule has 6 nitrogen and oxygen atoms in total. The smallest absolute Gasteiger partial charge is 0.325 e. The van der Waals surface area contributed by atoms with Gasteiger partial charge in [-0.1, -0.05) is 72.4 Å². The first kappa shape index (κ1) is 19.3. The molecule has 0 unspecified atom stereocenters. The molecule has 1 aliphatic heterocycles. The maximum Gasteiger partial charge on any atom is 0.325 e. The third-order valence-electron chi connectivity index (χ3n) is 4.79. The quantitative estimate of drug-likeness (QED) is 0.476. The van der Waals surface area contributed by atoms with Crippen LogP contribution < -0.4 is 5.32 Å². The summed E-state index contributed by atoms with van der Waals surface area (Å²) in [5, 5.41) is 3.46. The Kier molecular flexibility index (Phi) is 5.15. The standard InChI is InChI=1S/C22H22N4O2S/c1-22(2)19(27)26(21(28)25-22)13-14-29-20-23-17(15-9-5-3-6-10-15)18(24-20)16-11-7-4-8-12-16/h3-12H,13-14H2,1-2H3,(H,23,24)(H,25,28). The van der Waals surface area contributed by atoms with E-state index >= 15 is 0 Å². The Morgan fingerprint density at radius 1 is 0.966 bits per heavy atom. The third-order valence-corrected chi connectivity index (χ3v) is 5.64. The maximum absolute atomic E-state index is 12.3. The Bertz CT molecular complexity index is 974. The molecule has 0 saturated carbocycles. The van der Waals surface area contributed by atoms with E-state index < -0.39 is 5.54 Å². The van der Waals surface area contributed by atoms with Crippen molar-refractivity contribution in [1.29, 1.82) is 0 Å². The van der Waals surface area contributed by atoms with E-state index in [2.05, 4.69) is 10.3 Å². The van der Waals surface area contributed by atoms with Crippen LogP contribution in [0.4, 0.5) is 4.79 Å². The number of imide groups is 1. The summed E-state index contributed by atoms with van der Waals surface area (Å²) in [6.45, 7) is 3.76. The fourth-order valence-corrected chi connectivity index (χ4v) is 4.09. The number of aromatic amines is 1. The van der Waals surface area contributed by atoms with E-state index in [1.165, 1.54) is 16.7 Å². The van der Waals surface area contributed by atoms with Gasteiger partial charge in [-0.15, -0.1) is 0 Å². The Hall–Kier alpha value is -3.06. The molecule has 0 bridgehead atoms. The molecule has 3 amide bonds. The molecule has 0 atom stereocenters. The van der Waals surface area contributed by atoms with Crippen LogP contribution in [-0.2, 0) is 4.79 Å². The molecule has 1 aromatic heterocycles. The number of aromatic nitrogens is 2. The summed E-state index contributed by atoms with van der Waals surface area (Å²) in [5.74, 6) is 0.364. The van der Waals surface area contributed by atoms with Crippen LogP contribution in [-0.4, -0.2) is 44.6 Å². The molecule has 0 spiro atoms. The van der Waals surface area contributed by atoms with Gasteiger partial charge in [-0.2, -0.15) is 0 Å². The summed E-state index contributed by atoms with van der Waals surface area (Å²) >= 11 is 1.50. The summed E-state index contributed by atoms with van der Waals surface area (Å²) < 4.78 is 0. The normalized spacial score (nSPS) is 15.6. The zero-order chi connectivity index (χ0) is 20.4. The predicted octanol–water partition coefficient (Wildman–Crippen LogP) is 4.17. The lowest BCUT2D eigenvalue weighted by molar-refractivity contribution is -0.130. The molecule has 2 N–H and O–H groups in total. The molecule has 4 rings (SSSR count). The fraction of sp³-hybridized carbons (Fsp3) is 0.227. The highest BCUT2D eigenvalue weighted by Crippen LogP contribution is 2.32. The highest BCUT2D eigenvalue weighted by atomic mass is 32.2. The lowest BCUT2D eigenvalue weighted by Crippen LogP contribution is -2.40. The second kappa shape index (κ2) is 7.75. The van der Waals surface area contributed by atoms with Crippen LogP contribution in [0.3, 0.4) is 0 Å². The van der Waals surface area contributed by atoms with Gasteiger partial charge < -0.3 is 10.3 Å². The number of hydrogen-bond acceptors (Lipinski definition) is 4. The van der Waals surface area contributed by atoms with Crippen molar-refractivity contribution in [3.63, 3.8) is 0 Å². The number of urea groups is 1. The van der Waals surface area contributed by atoms with Gasteiger partial charge in [0, 0.05) is 23.4 Å². The highest BCUT2D eigenvalue weighted by molar-refractivity contribution is 7.99. The fourth-order valence-electron chi connectivity index (χ4n) is 3.29. The molecule has 1 saturated heterocycles. The molecule has 1 fully saturated rings. The first-order valence-electron chi connectivity index (χ1n) is 9.43. The van der Waals surface area contributed by atoms with Crippen LogP contribution in [0.15, 0.2) is 65.8 Å². The average molecular weight is 407 g/mol. The number of benzene rings is 2. The van der Waals surface area contributed by atoms with Crippen molar-refractivity contribution in [3.8, 4) is 22.5 Å². The molecular formula is C22H22N4O2S. The highest BCUT2D eigenvalue weighted by Gasteiger charge is 2.43. The number of thioether (sulfide) groups is 1. The van der Waals surface area contributed by atoms with Crippen molar-refractivity contribution in [2.24, 2.45) is 0 Å². The first-order chi connectivity index (χ1) is 14.0. The van der Waals surface area contributed by atoms with Crippen LogP contribution in [0.25, 0.3) is 22.5 Å². The minimum atomic E-state index is -0.840.